The number of thioether (sulfide) groups is 1. The average Bonchev–Trinajstić information content (AvgIpc) is 1.87. The van der Waals surface area contributed by atoms with Gasteiger partial charge in [0.2, 0.25) is 0 Å². The van der Waals surface area contributed by atoms with Crippen LogP contribution in [0.3, 0.4) is 0 Å². The minimum absolute atomic E-state index is 0.0646. The summed E-state index contributed by atoms with van der Waals surface area (Å²) in [6.45, 7) is 3.55. The maximum atomic E-state index is 10.0. The van der Waals surface area contributed by atoms with E-state index in [9.17, 15) is 9.59 Å². The quantitative estimate of drug-likeness (QED) is 0.552. The first-order valence-corrected chi connectivity index (χ1v) is 3.71. The lowest BCUT2D eigenvalue weighted by Gasteiger charge is -2.03. The van der Waals surface area contributed by atoms with Gasteiger partial charge in [0.1, 0.15) is 12.6 Å². The number of carbonyl (C=O) groups excluding carboxylic acids is 2. The first-order valence-electron chi connectivity index (χ1n) is 2.76. The van der Waals surface area contributed by atoms with Crippen molar-refractivity contribution in [3.05, 3.63) is 0 Å². The van der Waals surface area contributed by atoms with Gasteiger partial charge in [-0.2, -0.15) is 0 Å². The molecular formula is C6H10O2S. The maximum Gasteiger partial charge on any atom is 0.132 e. The summed E-state index contributed by atoms with van der Waals surface area (Å²) in [5, 5.41) is -0.129. The number of hydrogen-bond acceptors (Lipinski definition) is 3. The molecular weight excluding hydrogens is 136 g/mol. The van der Waals surface area contributed by atoms with E-state index in [0.717, 1.165) is 12.6 Å². The summed E-state index contributed by atoms with van der Waals surface area (Å²) in [4.78, 5) is 20.0. The molecule has 0 fully saturated rings. The minimum Gasteiger partial charge on any atom is -0.302 e. The Bertz CT molecular complexity index is 91.2. The highest BCUT2D eigenvalue weighted by molar-refractivity contribution is 8.01. The summed E-state index contributed by atoms with van der Waals surface area (Å²) >= 11 is 1.36. The SMILES string of the molecule is CC(C=O)SC(C)C=O. The highest BCUT2D eigenvalue weighted by Gasteiger charge is 2.05. The van der Waals surface area contributed by atoms with Crippen molar-refractivity contribution in [3.63, 3.8) is 0 Å². The van der Waals surface area contributed by atoms with Gasteiger partial charge in [0, 0.05) is 0 Å². The molecule has 2 atom stereocenters. The molecule has 0 saturated heterocycles. The van der Waals surface area contributed by atoms with Crippen molar-refractivity contribution in [2.45, 2.75) is 24.3 Å². The Morgan fingerprint density at radius 2 is 1.44 bits per heavy atom. The first-order chi connectivity index (χ1) is 4.20. The second-order valence-corrected chi connectivity index (χ2v) is 3.58. The van der Waals surface area contributed by atoms with Crippen molar-refractivity contribution in [1.29, 1.82) is 0 Å². The second-order valence-electron chi connectivity index (χ2n) is 1.82. The number of carbonyl (C=O) groups is 2. The summed E-state index contributed by atoms with van der Waals surface area (Å²) in [5.74, 6) is 0. The summed E-state index contributed by atoms with van der Waals surface area (Å²) < 4.78 is 0. The minimum atomic E-state index is -0.0646. The van der Waals surface area contributed by atoms with E-state index >= 15 is 0 Å². The molecule has 0 aromatic heterocycles. The van der Waals surface area contributed by atoms with Crippen LogP contribution in [0.5, 0.6) is 0 Å². The zero-order chi connectivity index (χ0) is 7.28. The molecule has 52 valence electrons. The van der Waals surface area contributed by atoms with Gasteiger partial charge in [-0.15, -0.1) is 11.8 Å². The maximum absolute atomic E-state index is 10.0. The van der Waals surface area contributed by atoms with Crippen molar-refractivity contribution >= 4 is 24.3 Å². The molecule has 0 radical (unpaired) electrons. The Balaban J connectivity index is 3.45. The van der Waals surface area contributed by atoms with E-state index in [2.05, 4.69) is 0 Å². The lowest BCUT2D eigenvalue weighted by Crippen LogP contribution is -2.06. The van der Waals surface area contributed by atoms with Crippen molar-refractivity contribution in [1.82, 2.24) is 0 Å². The fourth-order valence-electron chi connectivity index (χ4n) is 0.403. The van der Waals surface area contributed by atoms with Crippen LogP contribution in [-0.2, 0) is 9.59 Å². The number of hydrogen-bond donors (Lipinski definition) is 0. The molecule has 0 spiro atoms. The molecule has 0 rings (SSSR count). The van der Waals surface area contributed by atoms with Crippen molar-refractivity contribution < 1.29 is 9.59 Å². The van der Waals surface area contributed by atoms with Crippen LogP contribution in [0.2, 0.25) is 0 Å². The summed E-state index contributed by atoms with van der Waals surface area (Å²) in [6, 6.07) is 0. The van der Waals surface area contributed by atoms with E-state index in [4.69, 9.17) is 0 Å². The third-order valence-electron chi connectivity index (χ3n) is 0.813. The molecule has 0 aromatic rings. The van der Waals surface area contributed by atoms with E-state index < -0.39 is 0 Å². The van der Waals surface area contributed by atoms with Crippen LogP contribution in [0.15, 0.2) is 0 Å². The van der Waals surface area contributed by atoms with Gasteiger partial charge in [-0.05, 0) is 13.8 Å². The lowest BCUT2D eigenvalue weighted by molar-refractivity contribution is -0.107. The predicted octanol–water partition coefficient (Wildman–Crippen LogP) is 0.894. The molecule has 0 aliphatic carbocycles. The van der Waals surface area contributed by atoms with Crippen molar-refractivity contribution in [2.24, 2.45) is 0 Å². The highest BCUT2D eigenvalue weighted by Crippen LogP contribution is 2.12. The molecule has 2 unspecified atom stereocenters. The van der Waals surface area contributed by atoms with Gasteiger partial charge in [-0.25, -0.2) is 0 Å². The summed E-state index contributed by atoms with van der Waals surface area (Å²) in [6.07, 6.45) is 1.68. The Hall–Kier alpha value is -0.310. The van der Waals surface area contributed by atoms with Crippen LogP contribution >= 0.6 is 11.8 Å². The Morgan fingerprint density at radius 1 is 1.11 bits per heavy atom. The lowest BCUT2D eigenvalue weighted by atomic mass is 10.5. The van der Waals surface area contributed by atoms with Crippen LogP contribution in [-0.4, -0.2) is 23.1 Å². The predicted molar refractivity (Wildman–Crippen MR) is 38.6 cm³/mol. The first kappa shape index (κ1) is 8.69. The van der Waals surface area contributed by atoms with Gasteiger partial charge in [-0.1, -0.05) is 0 Å². The van der Waals surface area contributed by atoms with E-state index in [1.54, 1.807) is 13.8 Å². The Kier molecular flexibility index (Phi) is 4.40. The van der Waals surface area contributed by atoms with Gasteiger partial charge in [0.05, 0.1) is 10.5 Å². The van der Waals surface area contributed by atoms with Crippen molar-refractivity contribution in [3.8, 4) is 0 Å². The standard InChI is InChI=1S/C6H10O2S/c1-5(3-7)9-6(2)4-8/h3-6H,1-2H3. The molecule has 0 saturated carbocycles. The molecule has 0 aliphatic heterocycles. The fourth-order valence-corrected chi connectivity index (χ4v) is 1.21. The molecule has 3 heteroatoms. The second kappa shape index (κ2) is 4.56. The van der Waals surface area contributed by atoms with Gasteiger partial charge in [0.15, 0.2) is 0 Å². The normalized spacial score (nSPS) is 16.2. The van der Waals surface area contributed by atoms with Crippen LogP contribution in [0.4, 0.5) is 0 Å². The van der Waals surface area contributed by atoms with E-state index in [1.165, 1.54) is 11.8 Å². The topological polar surface area (TPSA) is 34.1 Å². The van der Waals surface area contributed by atoms with Crippen LogP contribution in [0, 0.1) is 0 Å². The Labute approximate surface area is 59.0 Å². The van der Waals surface area contributed by atoms with Crippen LogP contribution < -0.4 is 0 Å². The number of rotatable bonds is 4. The van der Waals surface area contributed by atoms with E-state index in [0.29, 0.717) is 0 Å². The van der Waals surface area contributed by atoms with Gasteiger partial charge >= 0.3 is 0 Å². The largest absolute Gasteiger partial charge is 0.302 e. The highest BCUT2D eigenvalue weighted by atomic mass is 32.2. The zero-order valence-corrected chi connectivity index (χ0v) is 6.35. The Morgan fingerprint density at radius 3 is 1.67 bits per heavy atom. The van der Waals surface area contributed by atoms with E-state index in [-0.39, 0.29) is 10.5 Å². The molecule has 0 amide bonds. The molecule has 9 heavy (non-hydrogen) atoms. The summed E-state index contributed by atoms with van der Waals surface area (Å²) in [7, 11) is 0. The molecule has 0 aromatic carbocycles. The number of aldehydes is 2. The molecule has 2 nitrogen and oxygen atoms in total. The van der Waals surface area contributed by atoms with Gasteiger partial charge in [0.25, 0.3) is 0 Å². The average molecular weight is 146 g/mol. The smallest absolute Gasteiger partial charge is 0.132 e. The van der Waals surface area contributed by atoms with Crippen molar-refractivity contribution in [2.75, 3.05) is 0 Å². The van der Waals surface area contributed by atoms with Gasteiger partial charge < -0.3 is 9.59 Å². The molecule has 0 heterocycles. The zero-order valence-electron chi connectivity index (χ0n) is 5.53. The van der Waals surface area contributed by atoms with E-state index in [1.807, 2.05) is 0 Å². The molecule has 0 aliphatic rings. The van der Waals surface area contributed by atoms with Crippen LogP contribution in [0.1, 0.15) is 13.8 Å². The van der Waals surface area contributed by atoms with Crippen LogP contribution in [0.25, 0.3) is 0 Å². The molecule has 0 bridgehead atoms. The molecule has 0 N–H and O–H groups in total. The third kappa shape index (κ3) is 4.21. The monoisotopic (exact) mass is 146 g/mol. The third-order valence-corrected chi connectivity index (χ3v) is 1.89. The fraction of sp³-hybridized carbons (Fsp3) is 0.667. The van der Waals surface area contributed by atoms with Gasteiger partial charge in [-0.3, -0.25) is 0 Å². The summed E-state index contributed by atoms with van der Waals surface area (Å²) in [5.41, 5.74) is 0.